The first-order chi connectivity index (χ1) is 6.74. The van der Waals surface area contributed by atoms with Crippen LogP contribution in [0.3, 0.4) is 0 Å². The third kappa shape index (κ3) is 2.04. The van der Waals surface area contributed by atoms with Crippen LogP contribution in [0.15, 0.2) is 18.2 Å². The van der Waals surface area contributed by atoms with Gasteiger partial charge in [-0.3, -0.25) is 0 Å². The number of nitrogens with zero attached hydrogens (tertiary/aromatic N) is 1. The summed E-state index contributed by atoms with van der Waals surface area (Å²) in [4.78, 5) is 4.35. The van der Waals surface area contributed by atoms with Gasteiger partial charge in [0.15, 0.2) is 0 Å². The minimum atomic E-state index is 0.144. The van der Waals surface area contributed by atoms with E-state index in [9.17, 15) is 0 Å². The van der Waals surface area contributed by atoms with Gasteiger partial charge in [0.2, 0.25) is 0 Å². The molecule has 14 heavy (non-hydrogen) atoms. The largest absolute Gasteiger partial charge is 0.396 e. The molecule has 0 atom stereocenters. The minimum absolute atomic E-state index is 0.144. The van der Waals surface area contributed by atoms with Gasteiger partial charge >= 0.3 is 0 Å². The summed E-state index contributed by atoms with van der Waals surface area (Å²) >= 11 is 0. The van der Waals surface area contributed by atoms with Crippen LogP contribution in [-0.2, 0) is 0 Å². The maximum Gasteiger partial charge on any atom is 0.126 e. The molecule has 1 aromatic rings. The number of pyridine rings is 1. The van der Waals surface area contributed by atoms with E-state index >= 15 is 0 Å². The van der Waals surface area contributed by atoms with Gasteiger partial charge in [-0.15, -0.1) is 0 Å². The Bertz CT molecular complexity index is 321. The first kappa shape index (κ1) is 9.46. The van der Waals surface area contributed by atoms with Gasteiger partial charge in [0, 0.05) is 17.7 Å². The number of aliphatic hydroxyl groups is 1. The first-order valence-electron chi connectivity index (χ1n) is 5.03. The molecule has 2 N–H and O–H groups in total. The number of hydrogen-bond acceptors (Lipinski definition) is 3. The van der Waals surface area contributed by atoms with Crippen molar-refractivity contribution in [3.8, 4) is 0 Å². The Morgan fingerprint density at radius 3 is 2.86 bits per heavy atom. The van der Waals surface area contributed by atoms with E-state index in [1.165, 1.54) is 0 Å². The predicted octanol–water partition coefficient (Wildman–Crippen LogP) is 1.57. The summed E-state index contributed by atoms with van der Waals surface area (Å²) in [5, 5.41) is 12.4. The molecule has 76 valence electrons. The van der Waals surface area contributed by atoms with Crippen LogP contribution >= 0.6 is 0 Å². The molecule has 1 aliphatic carbocycles. The number of anilines is 1. The van der Waals surface area contributed by atoms with Crippen molar-refractivity contribution in [2.24, 2.45) is 5.41 Å². The average Bonchev–Trinajstić information content (AvgIpc) is 2.96. The van der Waals surface area contributed by atoms with Crippen molar-refractivity contribution >= 4 is 5.82 Å². The number of hydrogen-bond donors (Lipinski definition) is 2. The standard InChI is InChI=1S/C11H16N2O/c1-9-3-2-4-10(13-9)12-7-11(8-14)5-6-11/h2-4,14H,5-8H2,1H3,(H,12,13). The van der Waals surface area contributed by atoms with Gasteiger partial charge in [-0.1, -0.05) is 6.07 Å². The van der Waals surface area contributed by atoms with Crippen molar-refractivity contribution in [1.29, 1.82) is 0 Å². The van der Waals surface area contributed by atoms with Crippen molar-refractivity contribution in [1.82, 2.24) is 4.98 Å². The van der Waals surface area contributed by atoms with Crippen molar-refractivity contribution in [2.75, 3.05) is 18.5 Å². The molecule has 0 aromatic carbocycles. The molecule has 0 unspecified atom stereocenters. The predicted molar refractivity (Wildman–Crippen MR) is 56.2 cm³/mol. The lowest BCUT2D eigenvalue weighted by atomic mass is 10.1. The number of aromatic nitrogens is 1. The van der Waals surface area contributed by atoms with E-state index in [1.807, 2.05) is 25.1 Å². The quantitative estimate of drug-likeness (QED) is 0.761. The highest BCUT2D eigenvalue weighted by Crippen LogP contribution is 2.44. The molecule has 0 aliphatic heterocycles. The molecule has 2 rings (SSSR count). The monoisotopic (exact) mass is 192 g/mol. The van der Waals surface area contributed by atoms with Crippen LogP contribution in [0.1, 0.15) is 18.5 Å². The Balaban J connectivity index is 1.92. The van der Waals surface area contributed by atoms with Gasteiger partial charge in [-0.25, -0.2) is 4.98 Å². The molecule has 0 radical (unpaired) electrons. The molecule has 0 bridgehead atoms. The Hall–Kier alpha value is -1.09. The van der Waals surface area contributed by atoms with E-state index in [1.54, 1.807) is 0 Å². The summed E-state index contributed by atoms with van der Waals surface area (Å²) in [5.41, 5.74) is 1.16. The molecular weight excluding hydrogens is 176 g/mol. The molecule has 1 aromatic heterocycles. The number of aryl methyl sites for hydroxylation is 1. The molecule has 0 spiro atoms. The zero-order chi connectivity index (χ0) is 10.0. The maximum absolute atomic E-state index is 9.13. The van der Waals surface area contributed by atoms with Crippen LogP contribution in [0.4, 0.5) is 5.82 Å². The van der Waals surface area contributed by atoms with Crippen molar-refractivity contribution in [2.45, 2.75) is 19.8 Å². The summed E-state index contributed by atoms with van der Waals surface area (Å²) in [7, 11) is 0. The van der Waals surface area contributed by atoms with E-state index in [0.717, 1.165) is 30.9 Å². The number of aliphatic hydroxyl groups excluding tert-OH is 1. The van der Waals surface area contributed by atoms with E-state index in [0.29, 0.717) is 0 Å². The van der Waals surface area contributed by atoms with Crippen LogP contribution in [0.25, 0.3) is 0 Å². The Kier molecular flexibility index (Phi) is 2.42. The van der Waals surface area contributed by atoms with Crippen LogP contribution in [0, 0.1) is 12.3 Å². The highest BCUT2D eigenvalue weighted by molar-refractivity contribution is 5.35. The summed E-state index contributed by atoms with van der Waals surface area (Å²) in [6.07, 6.45) is 2.25. The summed E-state index contributed by atoms with van der Waals surface area (Å²) in [6.45, 7) is 3.09. The lowest BCUT2D eigenvalue weighted by Gasteiger charge is -2.13. The SMILES string of the molecule is Cc1cccc(NCC2(CO)CC2)n1. The molecule has 0 saturated heterocycles. The molecular formula is C11H16N2O. The van der Waals surface area contributed by atoms with E-state index < -0.39 is 0 Å². The highest BCUT2D eigenvalue weighted by Gasteiger charge is 2.41. The topological polar surface area (TPSA) is 45.1 Å². The summed E-state index contributed by atoms with van der Waals surface area (Å²) in [6, 6.07) is 5.92. The Labute approximate surface area is 84.2 Å². The normalized spacial score (nSPS) is 17.9. The minimum Gasteiger partial charge on any atom is -0.396 e. The van der Waals surface area contributed by atoms with E-state index in [4.69, 9.17) is 5.11 Å². The van der Waals surface area contributed by atoms with Gasteiger partial charge in [0.05, 0.1) is 6.61 Å². The van der Waals surface area contributed by atoms with Gasteiger partial charge in [0.25, 0.3) is 0 Å². The Morgan fingerprint density at radius 1 is 1.50 bits per heavy atom. The van der Waals surface area contributed by atoms with Crippen LogP contribution in [0.5, 0.6) is 0 Å². The zero-order valence-corrected chi connectivity index (χ0v) is 8.45. The van der Waals surface area contributed by atoms with Gasteiger partial charge in [-0.2, -0.15) is 0 Å². The molecule has 3 nitrogen and oxygen atoms in total. The fourth-order valence-corrected chi connectivity index (χ4v) is 1.49. The third-order valence-electron chi connectivity index (χ3n) is 2.83. The zero-order valence-electron chi connectivity index (χ0n) is 8.45. The second-order valence-electron chi connectivity index (χ2n) is 4.18. The molecule has 1 saturated carbocycles. The second kappa shape index (κ2) is 3.58. The van der Waals surface area contributed by atoms with Crippen LogP contribution in [0.2, 0.25) is 0 Å². The van der Waals surface area contributed by atoms with Crippen molar-refractivity contribution < 1.29 is 5.11 Å². The fraction of sp³-hybridized carbons (Fsp3) is 0.545. The molecule has 1 fully saturated rings. The van der Waals surface area contributed by atoms with Crippen LogP contribution < -0.4 is 5.32 Å². The highest BCUT2D eigenvalue weighted by atomic mass is 16.3. The molecule has 1 aliphatic rings. The molecule has 3 heteroatoms. The van der Waals surface area contributed by atoms with Gasteiger partial charge < -0.3 is 10.4 Å². The number of nitrogens with one attached hydrogen (secondary N) is 1. The molecule has 0 amide bonds. The summed E-state index contributed by atoms with van der Waals surface area (Å²) in [5.74, 6) is 0.907. The van der Waals surface area contributed by atoms with Crippen molar-refractivity contribution in [3.05, 3.63) is 23.9 Å². The summed E-state index contributed by atoms with van der Waals surface area (Å²) < 4.78 is 0. The van der Waals surface area contributed by atoms with Gasteiger partial charge in [0.1, 0.15) is 5.82 Å². The van der Waals surface area contributed by atoms with Crippen LogP contribution in [-0.4, -0.2) is 23.2 Å². The Morgan fingerprint density at radius 2 is 2.29 bits per heavy atom. The number of rotatable bonds is 4. The lowest BCUT2D eigenvalue weighted by Crippen LogP contribution is -2.19. The second-order valence-corrected chi connectivity index (χ2v) is 4.18. The van der Waals surface area contributed by atoms with E-state index in [2.05, 4.69) is 10.3 Å². The van der Waals surface area contributed by atoms with Gasteiger partial charge in [-0.05, 0) is 31.9 Å². The average molecular weight is 192 g/mol. The smallest absolute Gasteiger partial charge is 0.126 e. The first-order valence-corrected chi connectivity index (χ1v) is 5.03. The van der Waals surface area contributed by atoms with Crippen molar-refractivity contribution in [3.63, 3.8) is 0 Å². The third-order valence-corrected chi connectivity index (χ3v) is 2.83. The van der Waals surface area contributed by atoms with E-state index in [-0.39, 0.29) is 12.0 Å². The lowest BCUT2D eigenvalue weighted by molar-refractivity contribution is 0.219. The molecule has 1 heterocycles. The fourth-order valence-electron chi connectivity index (χ4n) is 1.49. The maximum atomic E-state index is 9.13.